The summed E-state index contributed by atoms with van der Waals surface area (Å²) in [6, 6.07) is 7.90. The highest BCUT2D eigenvalue weighted by Gasteiger charge is 2.34. The summed E-state index contributed by atoms with van der Waals surface area (Å²) in [5.74, 6) is -0.391. The fourth-order valence-corrected chi connectivity index (χ4v) is 3.42. The SMILES string of the molecule is Cn1cc(-c2cnc3[nH]cc(-c4nc(C(C)(O)c5ccccc5F)no4)c3c2)cn1. The second-order valence-electron chi connectivity index (χ2n) is 7.20. The number of fused-ring (bicyclic) bond motifs is 1. The molecule has 0 amide bonds. The normalized spacial score (nSPS) is 13.6. The monoisotopic (exact) mass is 404 g/mol. The van der Waals surface area contributed by atoms with Crippen molar-refractivity contribution in [2.45, 2.75) is 12.5 Å². The summed E-state index contributed by atoms with van der Waals surface area (Å²) in [6.07, 6.45) is 7.11. The van der Waals surface area contributed by atoms with Crippen molar-refractivity contribution in [2.75, 3.05) is 0 Å². The van der Waals surface area contributed by atoms with Gasteiger partial charge in [0.05, 0.1) is 11.8 Å². The Morgan fingerprint density at radius 2 is 2.03 bits per heavy atom. The molecule has 1 unspecified atom stereocenters. The number of nitrogens with zero attached hydrogens (tertiary/aromatic N) is 5. The van der Waals surface area contributed by atoms with Crippen LogP contribution in [0.15, 0.2) is 59.6 Å². The molecule has 5 rings (SSSR count). The molecule has 1 atom stereocenters. The topological polar surface area (TPSA) is 106 Å². The van der Waals surface area contributed by atoms with Gasteiger partial charge in [0.2, 0.25) is 5.82 Å². The molecule has 30 heavy (non-hydrogen) atoms. The minimum absolute atomic E-state index is 0.0340. The summed E-state index contributed by atoms with van der Waals surface area (Å²) in [5, 5.41) is 19.8. The van der Waals surface area contributed by atoms with Crippen molar-refractivity contribution >= 4 is 11.0 Å². The van der Waals surface area contributed by atoms with Crippen LogP contribution in [0.5, 0.6) is 0 Å². The average Bonchev–Trinajstić information content (AvgIpc) is 3.46. The fraction of sp³-hybridized carbons (Fsp3) is 0.143. The van der Waals surface area contributed by atoms with Gasteiger partial charge in [-0.25, -0.2) is 9.37 Å². The number of aromatic nitrogens is 6. The van der Waals surface area contributed by atoms with Gasteiger partial charge in [-0.1, -0.05) is 23.4 Å². The van der Waals surface area contributed by atoms with E-state index in [9.17, 15) is 9.50 Å². The first-order valence-corrected chi connectivity index (χ1v) is 9.21. The molecule has 0 radical (unpaired) electrons. The molecule has 0 fully saturated rings. The van der Waals surface area contributed by atoms with E-state index in [0.29, 0.717) is 11.2 Å². The highest BCUT2D eigenvalue weighted by molar-refractivity contribution is 5.93. The van der Waals surface area contributed by atoms with Gasteiger partial charge in [0.25, 0.3) is 5.89 Å². The smallest absolute Gasteiger partial charge is 0.260 e. The van der Waals surface area contributed by atoms with E-state index < -0.39 is 11.4 Å². The second kappa shape index (κ2) is 6.60. The number of aliphatic hydroxyl groups is 1. The van der Waals surface area contributed by atoms with Crippen LogP contribution in [0.3, 0.4) is 0 Å². The van der Waals surface area contributed by atoms with Crippen LogP contribution >= 0.6 is 0 Å². The zero-order chi connectivity index (χ0) is 20.9. The van der Waals surface area contributed by atoms with Crippen molar-refractivity contribution in [3.63, 3.8) is 0 Å². The Balaban J connectivity index is 1.57. The van der Waals surface area contributed by atoms with Crippen LogP contribution in [0, 0.1) is 5.82 Å². The molecule has 0 aliphatic rings. The van der Waals surface area contributed by atoms with E-state index in [4.69, 9.17) is 4.52 Å². The molecule has 0 aliphatic carbocycles. The minimum Gasteiger partial charge on any atom is -0.377 e. The maximum absolute atomic E-state index is 14.2. The number of benzene rings is 1. The number of nitrogens with one attached hydrogen (secondary N) is 1. The Labute approximate surface area is 170 Å². The lowest BCUT2D eigenvalue weighted by molar-refractivity contribution is 0.0852. The van der Waals surface area contributed by atoms with Gasteiger partial charge >= 0.3 is 0 Å². The van der Waals surface area contributed by atoms with Crippen molar-refractivity contribution in [1.82, 2.24) is 29.9 Å². The number of halogens is 1. The maximum atomic E-state index is 14.2. The number of aromatic amines is 1. The lowest BCUT2D eigenvalue weighted by atomic mass is 9.95. The maximum Gasteiger partial charge on any atom is 0.260 e. The van der Waals surface area contributed by atoms with Crippen LogP contribution in [-0.4, -0.2) is 35.0 Å². The Bertz CT molecular complexity index is 1370. The fourth-order valence-electron chi connectivity index (χ4n) is 3.42. The van der Waals surface area contributed by atoms with E-state index in [0.717, 1.165) is 16.5 Å². The van der Waals surface area contributed by atoms with E-state index in [-0.39, 0.29) is 17.3 Å². The van der Waals surface area contributed by atoms with Gasteiger partial charge in [0.15, 0.2) is 5.60 Å². The third-order valence-electron chi connectivity index (χ3n) is 5.06. The first kappa shape index (κ1) is 18.2. The predicted octanol–water partition coefficient (Wildman–Crippen LogP) is 3.41. The number of aryl methyl sites for hydroxylation is 1. The molecule has 2 N–H and O–H groups in total. The van der Waals surface area contributed by atoms with Crippen molar-refractivity contribution in [2.24, 2.45) is 7.05 Å². The van der Waals surface area contributed by atoms with Crippen molar-refractivity contribution in [3.05, 3.63) is 72.3 Å². The van der Waals surface area contributed by atoms with Crippen molar-refractivity contribution in [1.29, 1.82) is 0 Å². The summed E-state index contributed by atoms with van der Waals surface area (Å²) < 4.78 is 21.3. The molecular weight excluding hydrogens is 387 g/mol. The van der Waals surface area contributed by atoms with Gasteiger partial charge in [-0.3, -0.25) is 4.68 Å². The van der Waals surface area contributed by atoms with Crippen LogP contribution in [0.1, 0.15) is 18.3 Å². The third kappa shape index (κ3) is 2.87. The Morgan fingerprint density at radius 3 is 2.80 bits per heavy atom. The molecule has 0 aliphatic heterocycles. The third-order valence-corrected chi connectivity index (χ3v) is 5.06. The predicted molar refractivity (Wildman–Crippen MR) is 107 cm³/mol. The van der Waals surface area contributed by atoms with Gasteiger partial charge in [0.1, 0.15) is 11.5 Å². The molecule has 0 saturated heterocycles. The van der Waals surface area contributed by atoms with Crippen LogP contribution in [0.25, 0.3) is 33.6 Å². The Kier molecular flexibility index (Phi) is 4.00. The quantitative estimate of drug-likeness (QED) is 0.476. The molecular formula is C21H17FN6O2. The standard InChI is InChI=1S/C21H17FN6O2/c1-21(29,16-5-3-4-6-17(16)22)20-26-19(30-27-20)15-10-24-18-14(15)7-12(8-23-18)13-9-25-28(2)11-13/h3-11,29H,1-2H3,(H,23,24). The Morgan fingerprint density at radius 1 is 1.20 bits per heavy atom. The van der Waals surface area contributed by atoms with Gasteiger partial charge < -0.3 is 14.6 Å². The first-order chi connectivity index (χ1) is 14.4. The van der Waals surface area contributed by atoms with E-state index >= 15 is 0 Å². The van der Waals surface area contributed by atoms with Crippen molar-refractivity contribution < 1.29 is 14.0 Å². The molecule has 0 bridgehead atoms. The molecule has 0 spiro atoms. The lowest BCUT2D eigenvalue weighted by Crippen LogP contribution is -2.25. The zero-order valence-corrected chi connectivity index (χ0v) is 16.2. The van der Waals surface area contributed by atoms with Crippen molar-refractivity contribution in [3.8, 4) is 22.6 Å². The molecule has 150 valence electrons. The highest BCUT2D eigenvalue weighted by atomic mass is 19.1. The average molecular weight is 404 g/mol. The number of pyridine rings is 1. The molecule has 5 aromatic rings. The van der Waals surface area contributed by atoms with Gasteiger partial charge in [-0.15, -0.1) is 0 Å². The molecule has 1 aromatic carbocycles. The molecule has 0 saturated carbocycles. The molecule has 8 nitrogen and oxygen atoms in total. The summed E-state index contributed by atoms with van der Waals surface area (Å²) in [6.45, 7) is 1.43. The van der Waals surface area contributed by atoms with Crippen LogP contribution in [0.2, 0.25) is 0 Å². The molecule has 4 aromatic heterocycles. The Hall–Kier alpha value is -3.85. The summed E-state index contributed by atoms with van der Waals surface area (Å²) in [7, 11) is 1.85. The van der Waals surface area contributed by atoms with Gasteiger partial charge in [-0.2, -0.15) is 10.1 Å². The lowest BCUT2D eigenvalue weighted by Gasteiger charge is -2.19. The van der Waals surface area contributed by atoms with Gasteiger partial charge in [-0.05, 0) is 19.1 Å². The van der Waals surface area contributed by atoms with E-state index in [2.05, 4.69) is 25.2 Å². The first-order valence-electron chi connectivity index (χ1n) is 9.21. The summed E-state index contributed by atoms with van der Waals surface area (Å²) in [5.41, 5.74) is 1.40. The molecule has 9 heteroatoms. The second-order valence-corrected chi connectivity index (χ2v) is 7.20. The van der Waals surface area contributed by atoms with Crippen LogP contribution in [0.4, 0.5) is 4.39 Å². The molecule has 4 heterocycles. The number of H-pyrrole nitrogens is 1. The zero-order valence-electron chi connectivity index (χ0n) is 16.2. The van der Waals surface area contributed by atoms with E-state index in [1.54, 1.807) is 35.4 Å². The van der Waals surface area contributed by atoms with Crippen LogP contribution < -0.4 is 0 Å². The number of hydrogen-bond acceptors (Lipinski definition) is 6. The number of rotatable bonds is 4. The number of hydrogen-bond donors (Lipinski definition) is 2. The van der Waals surface area contributed by atoms with E-state index in [1.807, 2.05) is 19.3 Å². The largest absolute Gasteiger partial charge is 0.377 e. The van der Waals surface area contributed by atoms with E-state index in [1.165, 1.54) is 19.1 Å². The van der Waals surface area contributed by atoms with Gasteiger partial charge in [0, 0.05) is 47.7 Å². The minimum atomic E-state index is -1.75. The highest BCUT2D eigenvalue weighted by Crippen LogP contribution is 2.33. The summed E-state index contributed by atoms with van der Waals surface area (Å²) >= 11 is 0. The van der Waals surface area contributed by atoms with Crippen LogP contribution in [-0.2, 0) is 12.6 Å². The summed E-state index contributed by atoms with van der Waals surface area (Å²) in [4.78, 5) is 11.9.